The molecule has 0 saturated carbocycles. The number of hydrogen-bond donors (Lipinski definition) is 1. The van der Waals surface area contributed by atoms with E-state index < -0.39 is 0 Å². The number of nitrogens with zero attached hydrogens (tertiary/aromatic N) is 3. The third-order valence-corrected chi connectivity index (χ3v) is 3.17. The second-order valence-corrected chi connectivity index (χ2v) is 4.49. The van der Waals surface area contributed by atoms with Gasteiger partial charge >= 0.3 is 0 Å². The highest BCUT2D eigenvalue weighted by Crippen LogP contribution is 2.15. The van der Waals surface area contributed by atoms with Crippen LogP contribution in [-0.2, 0) is 11.3 Å². The molecule has 1 aliphatic heterocycles. The van der Waals surface area contributed by atoms with Crippen molar-refractivity contribution in [1.82, 2.24) is 15.3 Å². The molecule has 5 heteroatoms. The molecule has 1 saturated heterocycles. The van der Waals surface area contributed by atoms with E-state index in [-0.39, 0.29) is 0 Å². The van der Waals surface area contributed by atoms with Gasteiger partial charge in [-0.15, -0.1) is 0 Å². The average molecular weight is 250 g/mol. The second kappa shape index (κ2) is 6.66. The molecule has 5 nitrogen and oxygen atoms in total. The van der Waals surface area contributed by atoms with Gasteiger partial charge in [-0.1, -0.05) is 13.8 Å². The zero-order valence-electron chi connectivity index (χ0n) is 11.2. The average Bonchev–Trinajstić information content (AvgIpc) is 2.46. The van der Waals surface area contributed by atoms with Crippen molar-refractivity contribution in [3.63, 3.8) is 0 Å². The maximum Gasteiger partial charge on any atom is 0.147 e. The molecule has 0 aliphatic carbocycles. The summed E-state index contributed by atoms with van der Waals surface area (Å²) in [6.45, 7) is 8.56. The molecule has 1 N–H and O–H groups in total. The normalized spacial score (nSPS) is 20.1. The van der Waals surface area contributed by atoms with Crippen molar-refractivity contribution in [2.24, 2.45) is 0 Å². The van der Waals surface area contributed by atoms with Gasteiger partial charge in [0.05, 0.1) is 30.8 Å². The van der Waals surface area contributed by atoms with E-state index in [1.54, 1.807) is 0 Å². The van der Waals surface area contributed by atoms with Gasteiger partial charge in [-0.05, 0) is 13.0 Å². The summed E-state index contributed by atoms with van der Waals surface area (Å²) in [5.41, 5.74) is 0.987. The molecule has 1 aromatic rings. The lowest BCUT2D eigenvalue weighted by Gasteiger charge is -2.33. The first kappa shape index (κ1) is 13.2. The zero-order chi connectivity index (χ0) is 12.8. The number of rotatable bonds is 5. The molecule has 2 rings (SSSR count). The molecular formula is C13H22N4O. The van der Waals surface area contributed by atoms with Crippen LogP contribution in [0, 0.1) is 0 Å². The first-order chi connectivity index (χ1) is 8.83. The predicted molar refractivity (Wildman–Crippen MR) is 71.7 cm³/mol. The Balaban J connectivity index is 1.96. The number of ether oxygens (including phenoxy) is 1. The lowest BCUT2D eigenvalue weighted by atomic mass is 10.2. The Kier molecular flexibility index (Phi) is 4.90. The maximum absolute atomic E-state index is 5.66. The van der Waals surface area contributed by atoms with Crippen LogP contribution >= 0.6 is 0 Å². The van der Waals surface area contributed by atoms with Gasteiger partial charge in [0.25, 0.3) is 0 Å². The molecule has 100 valence electrons. The van der Waals surface area contributed by atoms with Crippen LogP contribution in [0.15, 0.2) is 12.4 Å². The van der Waals surface area contributed by atoms with E-state index in [1.807, 2.05) is 12.4 Å². The summed E-state index contributed by atoms with van der Waals surface area (Å²) in [4.78, 5) is 11.2. The third kappa shape index (κ3) is 3.40. The first-order valence-corrected chi connectivity index (χ1v) is 6.71. The van der Waals surface area contributed by atoms with Crippen molar-refractivity contribution in [2.45, 2.75) is 32.9 Å². The van der Waals surface area contributed by atoms with Crippen LogP contribution < -0.4 is 10.2 Å². The summed E-state index contributed by atoms with van der Waals surface area (Å²) in [7, 11) is 0. The predicted octanol–water partition coefficient (Wildman–Crippen LogP) is 1.20. The lowest BCUT2D eigenvalue weighted by molar-refractivity contribution is 0.0381. The van der Waals surface area contributed by atoms with E-state index in [9.17, 15) is 0 Å². The number of aromatic nitrogens is 2. The van der Waals surface area contributed by atoms with Crippen molar-refractivity contribution < 1.29 is 4.74 Å². The summed E-state index contributed by atoms with van der Waals surface area (Å²) >= 11 is 0. The summed E-state index contributed by atoms with van der Waals surface area (Å²) in [6.07, 6.45) is 5.09. The lowest BCUT2D eigenvalue weighted by Crippen LogP contribution is -2.42. The SMILES string of the molecule is CCNCc1cnc(N2CCOC(CC)C2)cn1. The standard InChI is InChI=1S/C13H22N4O/c1-3-12-10-17(5-6-18-12)13-9-15-11(8-16-13)7-14-4-2/h8-9,12,14H,3-7,10H2,1-2H3. The van der Waals surface area contributed by atoms with Crippen molar-refractivity contribution in [3.8, 4) is 0 Å². The van der Waals surface area contributed by atoms with Gasteiger partial charge in [-0.25, -0.2) is 4.98 Å². The zero-order valence-corrected chi connectivity index (χ0v) is 11.2. The van der Waals surface area contributed by atoms with E-state index in [2.05, 4.69) is 34.0 Å². The van der Waals surface area contributed by atoms with E-state index in [1.165, 1.54) is 0 Å². The Morgan fingerprint density at radius 1 is 1.39 bits per heavy atom. The molecule has 0 amide bonds. The number of morpholine rings is 1. The van der Waals surface area contributed by atoms with Gasteiger partial charge in [-0.3, -0.25) is 4.98 Å². The van der Waals surface area contributed by atoms with Gasteiger partial charge < -0.3 is 15.0 Å². The smallest absolute Gasteiger partial charge is 0.147 e. The fraction of sp³-hybridized carbons (Fsp3) is 0.692. The summed E-state index contributed by atoms with van der Waals surface area (Å²) in [5, 5.41) is 3.24. The highest BCUT2D eigenvalue weighted by Gasteiger charge is 2.20. The molecular weight excluding hydrogens is 228 g/mol. The highest BCUT2D eigenvalue weighted by atomic mass is 16.5. The molecule has 1 unspecified atom stereocenters. The Hall–Kier alpha value is -1.20. The molecule has 0 spiro atoms. The Labute approximate surface area is 109 Å². The van der Waals surface area contributed by atoms with Crippen LogP contribution in [0.25, 0.3) is 0 Å². The van der Waals surface area contributed by atoms with Gasteiger partial charge in [0.2, 0.25) is 0 Å². The van der Waals surface area contributed by atoms with E-state index in [0.29, 0.717) is 6.10 Å². The Morgan fingerprint density at radius 2 is 2.28 bits per heavy atom. The Bertz CT molecular complexity index is 355. The second-order valence-electron chi connectivity index (χ2n) is 4.49. The van der Waals surface area contributed by atoms with Gasteiger partial charge in [-0.2, -0.15) is 0 Å². The van der Waals surface area contributed by atoms with Gasteiger partial charge in [0.15, 0.2) is 0 Å². The molecule has 18 heavy (non-hydrogen) atoms. The summed E-state index contributed by atoms with van der Waals surface area (Å²) < 4.78 is 5.66. The molecule has 0 bridgehead atoms. The van der Waals surface area contributed by atoms with Crippen LogP contribution in [0.5, 0.6) is 0 Å². The summed E-state index contributed by atoms with van der Waals surface area (Å²) in [6, 6.07) is 0. The molecule has 1 aromatic heterocycles. The molecule has 0 radical (unpaired) electrons. The van der Waals surface area contributed by atoms with Crippen molar-refractivity contribution in [2.75, 3.05) is 31.1 Å². The van der Waals surface area contributed by atoms with Crippen LogP contribution in [-0.4, -0.2) is 42.3 Å². The minimum absolute atomic E-state index is 0.321. The fourth-order valence-corrected chi connectivity index (χ4v) is 2.03. The van der Waals surface area contributed by atoms with Crippen LogP contribution in [0.2, 0.25) is 0 Å². The Morgan fingerprint density at radius 3 is 2.94 bits per heavy atom. The van der Waals surface area contributed by atoms with E-state index in [4.69, 9.17) is 4.74 Å². The largest absolute Gasteiger partial charge is 0.375 e. The monoisotopic (exact) mass is 250 g/mol. The topological polar surface area (TPSA) is 50.3 Å². The third-order valence-electron chi connectivity index (χ3n) is 3.17. The number of anilines is 1. The van der Waals surface area contributed by atoms with Gasteiger partial charge in [0, 0.05) is 19.6 Å². The first-order valence-electron chi connectivity index (χ1n) is 6.71. The van der Waals surface area contributed by atoms with Crippen molar-refractivity contribution in [3.05, 3.63) is 18.1 Å². The number of hydrogen-bond acceptors (Lipinski definition) is 5. The van der Waals surface area contributed by atoms with Crippen LogP contribution in [0.4, 0.5) is 5.82 Å². The van der Waals surface area contributed by atoms with E-state index in [0.717, 1.165) is 50.7 Å². The number of nitrogens with one attached hydrogen (secondary N) is 1. The highest BCUT2D eigenvalue weighted by molar-refractivity contribution is 5.36. The van der Waals surface area contributed by atoms with Crippen molar-refractivity contribution >= 4 is 5.82 Å². The van der Waals surface area contributed by atoms with Gasteiger partial charge in [0.1, 0.15) is 5.82 Å². The van der Waals surface area contributed by atoms with E-state index >= 15 is 0 Å². The molecule has 0 aromatic carbocycles. The molecule has 2 heterocycles. The fourth-order valence-electron chi connectivity index (χ4n) is 2.03. The quantitative estimate of drug-likeness (QED) is 0.851. The van der Waals surface area contributed by atoms with Crippen LogP contribution in [0.1, 0.15) is 26.0 Å². The summed E-state index contributed by atoms with van der Waals surface area (Å²) in [5.74, 6) is 0.956. The minimum atomic E-state index is 0.321. The minimum Gasteiger partial charge on any atom is -0.375 e. The maximum atomic E-state index is 5.66. The molecule has 1 aliphatic rings. The molecule has 1 fully saturated rings. The molecule has 1 atom stereocenters. The van der Waals surface area contributed by atoms with Crippen molar-refractivity contribution in [1.29, 1.82) is 0 Å². The van der Waals surface area contributed by atoms with Crippen LogP contribution in [0.3, 0.4) is 0 Å².